The molecule has 2 aromatic carbocycles. The number of amides is 1. The van der Waals surface area contributed by atoms with Crippen molar-refractivity contribution in [1.82, 2.24) is 63.8 Å². The first-order valence-electron chi connectivity index (χ1n) is 26.6. The van der Waals surface area contributed by atoms with E-state index in [2.05, 4.69) is 158 Å². The average Bonchev–Trinajstić information content (AvgIpc) is 4.07. The fraction of sp³-hybridized carbons (Fsp3) is 0.328. The van der Waals surface area contributed by atoms with Crippen LogP contribution in [0.5, 0.6) is 0 Å². The zero-order valence-electron chi connectivity index (χ0n) is 45.0. The van der Waals surface area contributed by atoms with Crippen LogP contribution in [0.1, 0.15) is 68.0 Å². The first-order chi connectivity index (χ1) is 37.7. The zero-order chi connectivity index (χ0) is 53.7. The first kappa shape index (κ1) is 49.9. The molecule has 10 aromatic rings. The smallest absolute Gasteiger partial charge is 0.410 e. The molecule has 2 aliphatic heterocycles. The number of anilines is 6. The number of hydrogen-bond donors (Lipinski definition) is 2. The summed E-state index contributed by atoms with van der Waals surface area (Å²) in [6.07, 6.45) is 12.0. The van der Waals surface area contributed by atoms with Crippen LogP contribution < -0.4 is 25.1 Å². The van der Waals surface area contributed by atoms with E-state index in [9.17, 15) is 4.79 Å². The van der Waals surface area contributed by atoms with Gasteiger partial charge in [-0.15, -0.1) is 9.20 Å². The molecule has 0 spiro atoms. The number of carbonyl (C=O) groups is 1. The van der Waals surface area contributed by atoms with Gasteiger partial charge in [-0.05, 0) is 166 Å². The Morgan fingerprint density at radius 3 is 1.82 bits per heavy atom. The molecule has 1 amide bonds. The summed E-state index contributed by atoms with van der Waals surface area (Å²) >= 11 is 0. The van der Waals surface area contributed by atoms with Gasteiger partial charge in [0.25, 0.3) is 5.65 Å². The fourth-order valence-electron chi connectivity index (χ4n) is 10.6. The summed E-state index contributed by atoms with van der Waals surface area (Å²) in [5.74, 6) is 3.03. The van der Waals surface area contributed by atoms with Crippen LogP contribution in [0.3, 0.4) is 0 Å². The summed E-state index contributed by atoms with van der Waals surface area (Å²) in [5, 5.41) is 11.3. The third-order valence-electron chi connectivity index (χ3n) is 14.9. The molecule has 20 heteroatoms. The molecule has 2 saturated heterocycles. The van der Waals surface area contributed by atoms with Gasteiger partial charge >= 0.3 is 12.4 Å². The van der Waals surface area contributed by atoms with Gasteiger partial charge < -0.3 is 30.1 Å². The summed E-state index contributed by atoms with van der Waals surface area (Å²) < 4.78 is 11.7. The number of ether oxygens (including phenoxy) is 1. The Balaban J connectivity index is 0.664. The van der Waals surface area contributed by atoms with Crippen molar-refractivity contribution in [2.24, 2.45) is 0 Å². The number of piperazine rings is 2. The van der Waals surface area contributed by atoms with Crippen molar-refractivity contribution >= 4 is 74.1 Å². The summed E-state index contributed by atoms with van der Waals surface area (Å²) in [6, 6.07) is 29.6. The highest BCUT2D eigenvalue weighted by atomic mass is 16.6. The van der Waals surface area contributed by atoms with E-state index in [0.717, 1.165) is 88.9 Å². The van der Waals surface area contributed by atoms with Crippen molar-refractivity contribution in [2.75, 3.05) is 59.7 Å². The average molecular weight is 1040 g/mol. The van der Waals surface area contributed by atoms with E-state index >= 15 is 0 Å². The quantitative estimate of drug-likeness (QED) is 0.111. The number of hydrogen-bond acceptors (Lipinski definition) is 16. The Kier molecular flexibility index (Phi) is 13.2. The fourth-order valence-corrected chi connectivity index (χ4v) is 10.6. The minimum absolute atomic E-state index is 0.0436. The highest BCUT2D eigenvalue weighted by molar-refractivity contribution is 5.89. The molecule has 78 heavy (non-hydrogen) atoms. The minimum atomic E-state index is -0.547. The normalized spacial score (nSPS) is 16.4. The van der Waals surface area contributed by atoms with Gasteiger partial charge in [-0.3, -0.25) is 4.90 Å². The summed E-state index contributed by atoms with van der Waals surface area (Å²) in [5.41, 5.74) is 13.2. The third-order valence-corrected chi connectivity index (χ3v) is 14.9. The molecule has 2 aliphatic rings. The molecule has 396 valence electrons. The predicted molar refractivity (Wildman–Crippen MR) is 301 cm³/mol. The van der Waals surface area contributed by atoms with Crippen molar-refractivity contribution < 1.29 is 14.2 Å². The van der Waals surface area contributed by atoms with Crippen molar-refractivity contribution in [2.45, 2.75) is 85.7 Å². The molecule has 0 unspecified atom stereocenters. The molecule has 8 aromatic heterocycles. The Hall–Kier alpha value is -8.91. The molecule has 2 fully saturated rings. The molecule has 0 bridgehead atoms. The number of pyridine rings is 4. The molecule has 0 radical (unpaired) electrons. The number of fused-ring (bicyclic) bond motifs is 4. The maximum absolute atomic E-state index is 12.9. The van der Waals surface area contributed by atoms with Crippen LogP contribution in [0.4, 0.5) is 39.4 Å². The Morgan fingerprint density at radius 1 is 0.641 bits per heavy atom. The van der Waals surface area contributed by atoms with Gasteiger partial charge in [-0.2, -0.15) is 5.10 Å². The van der Waals surface area contributed by atoms with E-state index in [1.807, 2.05) is 58.4 Å². The molecule has 0 aliphatic carbocycles. The van der Waals surface area contributed by atoms with Crippen LogP contribution in [0.15, 0.2) is 123 Å². The number of rotatable bonds is 12. The second-order valence-corrected chi connectivity index (χ2v) is 21.6. The SMILES string of the molecule is Cc1cc(Nc2ncnc3ccc(N4CCN(C[n+]5cnc6cc(Cc7ccc(Nc8ncnc9ccc(N%10CCN(C(=O)OC(C)(C)C)[C@H](C)C%10)nc89)cc7C)ccn65)[C@H](C)C4)nc23)ccc1Cc1ccn2ncnc2c1. The molecule has 12 rings (SSSR count). The summed E-state index contributed by atoms with van der Waals surface area (Å²) in [6.45, 7) is 19.3. The van der Waals surface area contributed by atoms with E-state index in [0.29, 0.717) is 43.5 Å². The maximum atomic E-state index is 12.9. The van der Waals surface area contributed by atoms with E-state index < -0.39 is 5.60 Å². The van der Waals surface area contributed by atoms with Gasteiger partial charge in [0.05, 0.1) is 17.2 Å². The molecular weight excluding hydrogens is 981 g/mol. The highest BCUT2D eigenvalue weighted by Crippen LogP contribution is 2.30. The van der Waals surface area contributed by atoms with Gasteiger partial charge in [0.1, 0.15) is 47.3 Å². The van der Waals surface area contributed by atoms with E-state index in [1.165, 1.54) is 27.8 Å². The lowest BCUT2D eigenvalue weighted by molar-refractivity contribution is -0.778. The first-order valence-corrected chi connectivity index (χ1v) is 26.6. The minimum Gasteiger partial charge on any atom is -0.444 e. The number of nitrogens with zero attached hydrogens (tertiary/aromatic N) is 16. The van der Waals surface area contributed by atoms with Crippen molar-refractivity contribution in [1.29, 1.82) is 0 Å². The number of aryl methyl sites for hydroxylation is 2. The lowest BCUT2D eigenvalue weighted by Crippen LogP contribution is -2.58. The van der Waals surface area contributed by atoms with Gasteiger partial charge in [0.2, 0.25) is 0 Å². The standard InChI is InChI=1S/C58H63N18O2/c1-37-24-45(10-8-43(37)26-41-16-18-75-51(28-41)61-34-65-75)66-55-53-47(59-32-62-55)12-14-49(68-53)70-20-21-72(39(3)30-70)36-73-35-64-52-29-42(17-19-76(52)73)27-44-9-11-46(25-38(44)2)67-56-54-48(60-33-63-56)13-15-50(69-54)71-22-23-74(40(4)31-71)57(77)78-58(5,6)7/h8-19,24-25,28-29,32-35,39-40H,20-23,26-27,30-31,36H2,1-7H3,(H,59,62,66)(H,60,63,67)/q+1/t39-,40-/m1/s1. The van der Waals surface area contributed by atoms with Crippen LogP contribution in [-0.4, -0.2) is 127 Å². The van der Waals surface area contributed by atoms with Gasteiger partial charge in [0, 0.05) is 75.0 Å². The van der Waals surface area contributed by atoms with Gasteiger partial charge in [-0.25, -0.2) is 44.2 Å². The number of benzene rings is 2. The third kappa shape index (κ3) is 10.5. The molecule has 20 nitrogen and oxygen atoms in total. The van der Waals surface area contributed by atoms with Crippen molar-refractivity contribution in [3.05, 3.63) is 156 Å². The Bertz CT molecular complexity index is 3870. The topological polar surface area (TPSA) is 192 Å². The van der Waals surface area contributed by atoms with Crippen LogP contribution in [0.2, 0.25) is 0 Å². The van der Waals surface area contributed by atoms with E-state index in [-0.39, 0.29) is 18.2 Å². The summed E-state index contributed by atoms with van der Waals surface area (Å²) in [7, 11) is 0. The molecule has 0 saturated carbocycles. The summed E-state index contributed by atoms with van der Waals surface area (Å²) in [4.78, 5) is 59.4. The number of aromatic nitrogens is 12. The zero-order valence-corrected chi connectivity index (χ0v) is 45.0. The lowest BCUT2D eigenvalue weighted by atomic mass is 10.0. The molecule has 10 heterocycles. The monoisotopic (exact) mass is 1040 g/mol. The van der Waals surface area contributed by atoms with E-state index in [1.54, 1.807) is 28.4 Å². The number of carbonyl (C=O) groups excluding carboxylic acids is 1. The number of nitrogens with one attached hydrogen (secondary N) is 2. The van der Waals surface area contributed by atoms with Crippen LogP contribution in [0.25, 0.3) is 33.4 Å². The van der Waals surface area contributed by atoms with Gasteiger partial charge in [0.15, 0.2) is 24.0 Å². The van der Waals surface area contributed by atoms with Crippen molar-refractivity contribution in [3.63, 3.8) is 0 Å². The van der Waals surface area contributed by atoms with Crippen LogP contribution in [-0.2, 0) is 24.2 Å². The van der Waals surface area contributed by atoms with E-state index in [4.69, 9.17) is 19.7 Å². The van der Waals surface area contributed by atoms with Crippen LogP contribution in [0, 0.1) is 13.8 Å². The molecular formula is C58H63N18O2+. The lowest BCUT2D eigenvalue weighted by Gasteiger charge is -2.40. The Labute approximate surface area is 451 Å². The Morgan fingerprint density at radius 2 is 1.23 bits per heavy atom. The van der Waals surface area contributed by atoms with Gasteiger partial charge in [-0.1, -0.05) is 12.1 Å². The maximum Gasteiger partial charge on any atom is 0.410 e. The highest BCUT2D eigenvalue weighted by Gasteiger charge is 2.32. The predicted octanol–water partition coefficient (Wildman–Crippen LogP) is 8.24. The largest absolute Gasteiger partial charge is 0.444 e. The second-order valence-electron chi connectivity index (χ2n) is 21.6. The molecule has 2 N–H and O–H groups in total. The van der Waals surface area contributed by atoms with Crippen molar-refractivity contribution in [3.8, 4) is 0 Å². The molecule has 2 atom stereocenters. The van der Waals surface area contributed by atoms with Crippen LogP contribution >= 0.6 is 0 Å². The second kappa shape index (κ2) is 20.6.